The van der Waals surface area contributed by atoms with Gasteiger partial charge in [0.1, 0.15) is 5.75 Å². The van der Waals surface area contributed by atoms with Crippen molar-refractivity contribution in [2.45, 2.75) is 12.8 Å². The number of Topliss-reactive ketones (excluding diaryl/α,β-unsaturated/α-hetero) is 1. The number of methoxy groups -OCH3 is 1. The van der Waals surface area contributed by atoms with Crippen LogP contribution in [0.5, 0.6) is 5.75 Å². The van der Waals surface area contributed by atoms with Crippen molar-refractivity contribution in [3.8, 4) is 5.75 Å². The molecule has 0 radical (unpaired) electrons. The Labute approximate surface area is 100 Å². The summed E-state index contributed by atoms with van der Waals surface area (Å²) in [4.78, 5) is 12.3. The summed E-state index contributed by atoms with van der Waals surface area (Å²) in [5.41, 5.74) is 0.758. The van der Waals surface area contributed by atoms with Crippen LogP contribution in [0.25, 0.3) is 10.8 Å². The number of fused-ring (bicyclic) bond motifs is 1. The van der Waals surface area contributed by atoms with Gasteiger partial charge in [-0.05, 0) is 29.7 Å². The fraction of sp³-hybridized carbons (Fsp3) is 0.267. The van der Waals surface area contributed by atoms with E-state index in [1.807, 2.05) is 36.4 Å². The molecule has 1 aliphatic rings. The third-order valence-electron chi connectivity index (χ3n) is 3.31. The van der Waals surface area contributed by atoms with E-state index >= 15 is 0 Å². The summed E-state index contributed by atoms with van der Waals surface area (Å²) in [7, 11) is 1.62. The molecule has 1 fully saturated rings. The molecule has 0 amide bonds. The van der Waals surface area contributed by atoms with E-state index in [-0.39, 0.29) is 11.7 Å². The number of carbonyl (C=O) groups excluding carboxylic acids is 1. The Morgan fingerprint density at radius 2 is 1.94 bits per heavy atom. The topological polar surface area (TPSA) is 26.3 Å². The van der Waals surface area contributed by atoms with E-state index in [9.17, 15) is 4.79 Å². The molecule has 0 heterocycles. The Hall–Kier alpha value is -1.83. The van der Waals surface area contributed by atoms with E-state index in [4.69, 9.17) is 4.74 Å². The highest BCUT2D eigenvalue weighted by atomic mass is 16.5. The Bertz CT molecular complexity index is 582. The van der Waals surface area contributed by atoms with E-state index in [2.05, 4.69) is 0 Å². The van der Waals surface area contributed by atoms with Crippen molar-refractivity contribution in [3.05, 3.63) is 42.0 Å². The lowest BCUT2D eigenvalue weighted by Crippen LogP contribution is -2.05. The van der Waals surface area contributed by atoms with Crippen LogP contribution in [0, 0.1) is 5.92 Å². The molecule has 2 heteroatoms. The molecule has 0 saturated heterocycles. The second-order valence-corrected chi connectivity index (χ2v) is 4.50. The van der Waals surface area contributed by atoms with Crippen molar-refractivity contribution >= 4 is 16.6 Å². The Morgan fingerprint density at radius 3 is 2.65 bits per heavy atom. The fourth-order valence-corrected chi connectivity index (χ4v) is 2.23. The van der Waals surface area contributed by atoms with Gasteiger partial charge >= 0.3 is 0 Å². The standard InChI is InChI=1S/C15H14O2/c1-17-13-9-8-10-4-2-3-5-12(10)14(13)15(16)11-6-7-11/h2-5,8-9,11H,6-7H2,1H3. The van der Waals surface area contributed by atoms with Crippen LogP contribution in [0.1, 0.15) is 23.2 Å². The fourth-order valence-electron chi connectivity index (χ4n) is 2.23. The van der Waals surface area contributed by atoms with Crippen LogP contribution in [0.2, 0.25) is 0 Å². The van der Waals surface area contributed by atoms with Gasteiger partial charge in [0.15, 0.2) is 5.78 Å². The average molecular weight is 226 g/mol. The van der Waals surface area contributed by atoms with Gasteiger partial charge in [-0.25, -0.2) is 0 Å². The maximum atomic E-state index is 12.3. The number of carbonyl (C=O) groups is 1. The lowest BCUT2D eigenvalue weighted by molar-refractivity contribution is 0.0966. The number of ketones is 1. The molecule has 0 N–H and O–H groups in total. The van der Waals surface area contributed by atoms with E-state index in [0.717, 1.165) is 29.2 Å². The number of hydrogen-bond acceptors (Lipinski definition) is 2. The molecule has 0 aliphatic heterocycles. The smallest absolute Gasteiger partial charge is 0.170 e. The predicted molar refractivity (Wildman–Crippen MR) is 67.6 cm³/mol. The second kappa shape index (κ2) is 3.88. The monoisotopic (exact) mass is 226 g/mol. The third-order valence-corrected chi connectivity index (χ3v) is 3.31. The number of hydrogen-bond donors (Lipinski definition) is 0. The van der Waals surface area contributed by atoms with Crippen LogP contribution < -0.4 is 4.74 Å². The van der Waals surface area contributed by atoms with Gasteiger partial charge in [0.2, 0.25) is 0 Å². The van der Waals surface area contributed by atoms with Gasteiger partial charge < -0.3 is 4.74 Å². The van der Waals surface area contributed by atoms with Gasteiger partial charge in [0.05, 0.1) is 12.7 Å². The summed E-state index contributed by atoms with van der Waals surface area (Å²) < 4.78 is 5.33. The highest BCUT2D eigenvalue weighted by molar-refractivity contribution is 6.12. The van der Waals surface area contributed by atoms with Crippen LogP contribution >= 0.6 is 0 Å². The van der Waals surface area contributed by atoms with Crippen LogP contribution in [0.15, 0.2) is 36.4 Å². The van der Waals surface area contributed by atoms with E-state index in [1.54, 1.807) is 7.11 Å². The molecule has 86 valence electrons. The number of rotatable bonds is 3. The Morgan fingerprint density at radius 1 is 1.18 bits per heavy atom. The largest absolute Gasteiger partial charge is 0.496 e. The highest BCUT2D eigenvalue weighted by Gasteiger charge is 2.33. The average Bonchev–Trinajstić information content (AvgIpc) is 3.20. The molecule has 2 nitrogen and oxygen atoms in total. The first-order chi connectivity index (χ1) is 8.31. The molecule has 0 spiro atoms. The van der Waals surface area contributed by atoms with Gasteiger partial charge in [-0.2, -0.15) is 0 Å². The van der Waals surface area contributed by atoms with Crippen molar-refractivity contribution < 1.29 is 9.53 Å². The zero-order chi connectivity index (χ0) is 11.8. The number of ether oxygens (including phenoxy) is 1. The predicted octanol–water partition coefficient (Wildman–Crippen LogP) is 3.44. The summed E-state index contributed by atoms with van der Waals surface area (Å²) in [6, 6.07) is 11.9. The molecule has 1 aliphatic carbocycles. The normalized spacial score (nSPS) is 14.9. The van der Waals surface area contributed by atoms with E-state index < -0.39 is 0 Å². The minimum Gasteiger partial charge on any atom is -0.496 e. The Balaban J connectivity index is 2.26. The van der Waals surface area contributed by atoms with Gasteiger partial charge in [-0.15, -0.1) is 0 Å². The molecule has 0 unspecified atom stereocenters. The third kappa shape index (κ3) is 1.70. The summed E-state index contributed by atoms with van der Waals surface area (Å²) in [6.07, 6.45) is 2.04. The minimum atomic E-state index is 0.217. The van der Waals surface area contributed by atoms with Crippen LogP contribution in [-0.2, 0) is 0 Å². The quantitative estimate of drug-likeness (QED) is 0.749. The maximum Gasteiger partial charge on any atom is 0.170 e. The zero-order valence-corrected chi connectivity index (χ0v) is 9.77. The van der Waals surface area contributed by atoms with Gasteiger partial charge in [-0.1, -0.05) is 30.3 Å². The molecule has 0 bridgehead atoms. The van der Waals surface area contributed by atoms with Crippen LogP contribution in [0.4, 0.5) is 0 Å². The van der Waals surface area contributed by atoms with Crippen molar-refractivity contribution in [1.29, 1.82) is 0 Å². The van der Waals surface area contributed by atoms with Crippen molar-refractivity contribution in [2.75, 3.05) is 7.11 Å². The highest BCUT2D eigenvalue weighted by Crippen LogP contribution is 2.38. The van der Waals surface area contributed by atoms with Crippen LogP contribution in [-0.4, -0.2) is 12.9 Å². The molecule has 17 heavy (non-hydrogen) atoms. The Kier molecular flexibility index (Phi) is 2.36. The van der Waals surface area contributed by atoms with Gasteiger partial charge in [0.25, 0.3) is 0 Å². The molecule has 0 aromatic heterocycles. The second-order valence-electron chi connectivity index (χ2n) is 4.50. The summed E-state index contributed by atoms with van der Waals surface area (Å²) in [6.45, 7) is 0. The SMILES string of the molecule is COc1ccc2ccccc2c1C(=O)C1CC1. The van der Waals surface area contributed by atoms with E-state index in [0.29, 0.717) is 5.75 Å². The van der Waals surface area contributed by atoms with Crippen molar-refractivity contribution in [2.24, 2.45) is 5.92 Å². The summed E-state index contributed by atoms with van der Waals surface area (Å²) in [5, 5.41) is 2.10. The zero-order valence-electron chi connectivity index (χ0n) is 9.77. The number of benzene rings is 2. The molecule has 2 aromatic carbocycles. The molecule has 3 rings (SSSR count). The summed E-state index contributed by atoms with van der Waals surface area (Å²) >= 11 is 0. The first-order valence-electron chi connectivity index (χ1n) is 5.91. The maximum absolute atomic E-state index is 12.3. The first kappa shape index (κ1) is 10.3. The summed E-state index contributed by atoms with van der Waals surface area (Å²) in [5.74, 6) is 1.15. The van der Waals surface area contributed by atoms with Crippen LogP contribution in [0.3, 0.4) is 0 Å². The molecule has 1 saturated carbocycles. The van der Waals surface area contributed by atoms with E-state index in [1.165, 1.54) is 0 Å². The minimum absolute atomic E-state index is 0.217. The van der Waals surface area contributed by atoms with Crippen molar-refractivity contribution in [3.63, 3.8) is 0 Å². The van der Waals surface area contributed by atoms with Gasteiger partial charge in [0, 0.05) is 5.92 Å². The molecular formula is C15H14O2. The lowest BCUT2D eigenvalue weighted by Gasteiger charge is -2.10. The molecule has 2 aromatic rings. The first-order valence-corrected chi connectivity index (χ1v) is 5.91. The van der Waals surface area contributed by atoms with Crippen molar-refractivity contribution in [1.82, 2.24) is 0 Å². The molecular weight excluding hydrogens is 212 g/mol. The molecule has 0 atom stereocenters. The lowest BCUT2D eigenvalue weighted by atomic mass is 9.98. The van der Waals surface area contributed by atoms with Gasteiger partial charge in [-0.3, -0.25) is 4.79 Å².